The van der Waals surface area contributed by atoms with Crippen LogP contribution in [0, 0.1) is 6.92 Å². The summed E-state index contributed by atoms with van der Waals surface area (Å²) in [6.07, 6.45) is 1.97. The number of rotatable bonds is 6. The molecule has 3 rings (SSSR count). The smallest absolute Gasteiger partial charge is 0.251 e. The second-order valence-electron chi connectivity index (χ2n) is 6.40. The average Bonchev–Trinajstić information content (AvgIpc) is 3.11. The summed E-state index contributed by atoms with van der Waals surface area (Å²) >= 11 is 0.965. The van der Waals surface area contributed by atoms with Crippen molar-refractivity contribution in [1.29, 1.82) is 0 Å². The zero-order valence-corrected chi connectivity index (χ0v) is 17.9. The number of nitrogens with two attached hydrogens (primary N) is 1. The van der Waals surface area contributed by atoms with Gasteiger partial charge in [0.15, 0.2) is 15.5 Å². The van der Waals surface area contributed by atoms with Crippen molar-refractivity contribution in [1.82, 2.24) is 9.71 Å². The van der Waals surface area contributed by atoms with E-state index in [-0.39, 0.29) is 16.5 Å². The average molecular weight is 433 g/mol. The van der Waals surface area contributed by atoms with Crippen LogP contribution in [-0.4, -0.2) is 33.4 Å². The Morgan fingerprint density at radius 1 is 1.28 bits per heavy atom. The van der Waals surface area contributed by atoms with E-state index in [0.717, 1.165) is 28.2 Å². The lowest BCUT2D eigenvalue weighted by Gasteiger charge is -2.13. The first-order valence-electron chi connectivity index (χ1n) is 8.76. The van der Waals surface area contributed by atoms with Crippen molar-refractivity contribution in [3.8, 4) is 11.3 Å². The minimum absolute atomic E-state index is 0.107. The number of nitrogen functional groups attached to an aromatic ring is 1. The second-order valence-corrected chi connectivity index (χ2v) is 9.46. The van der Waals surface area contributed by atoms with E-state index in [4.69, 9.17) is 5.73 Å². The number of carbonyl (C=O) groups excluding carboxylic acids is 1. The van der Waals surface area contributed by atoms with Crippen molar-refractivity contribution in [2.45, 2.75) is 17.6 Å². The fourth-order valence-corrected chi connectivity index (χ4v) is 5.06. The third-order valence-electron chi connectivity index (χ3n) is 4.40. The van der Waals surface area contributed by atoms with E-state index >= 15 is 0 Å². The Morgan fingerprint density at radius 3 is 2.59 bits per heavy atom. The van der Waals surface area contributed by atoms with Gasteiger partial charge in [0.05, 0.1) is 12.1 Å². The van der Waals surface area contributed by atoms with Crippen molar-refractivity contribution < 1.29 is 18.2 Å². The lowest BCUT2D eigenvalue weighted by molar-refractivity contribution is -0.363. The van der Waals surface area contributed by atoms with Crippen molar-refractivity contribution in [2.24, 2.45) is 0 Å². The number of sulfonamides is 1. The van der Waals surface area contributed by atoms with Crippen LogP contribution in [0.2, 0.25) is 0 Å². The molecule has 2 heterocycles. The van der Waals surface area contributed by atoms with Crippen LogP contribution in [0.15, 0.2) is 46.8 Å². The number of nitrogens with one attached hydrogen (secondary N) is 2. The van der Waals surface area contributed by atoms with E-state index in [2.05, 4.69) is 14.7 Å². The van der Waals surface area contributed by atoms with Gasteiger partial charge in [-0.2, -0.15) is 0 Å². The Balaban J connectivity index is 1.75. The quantitative estimate of drug-likeness (QED) is 0.613. The molecule has 152 valence electrons. The van der Waals surface area contributed by atoms with Gasteiger partial charge in [-0.1, -0.05) is 23.5 Å². The molecule has 0 saturated heterocycles. The number of H-pyrrole nitrogens is 1. The maximum absolute atomic E-state index is 12.7. The van der Waals surface area contributed by atoms with Crippen LogP contribution in [0.4, 0.5) is 10.8 Å². The number of anilines is 2. The lowest BCUT2D eigenvalue weighted by Crippen LogP contribution is -2.27. The first kappa shape index (κ1) is 20.9. The molecular formula is C19H22N5O3S2+. The van der Waals surface area contributed by atoms with Crippen LogP contribution in [0.1, 0.15) is 11.3 Å². The maximum atomic E-state index is 12.7. The number of hydrogen-bond acceptors (Lipinski definition) is 6. The van der Waals surface area contributed by atoms with Crippen molar-refractivity contribution in [3.63, 3.8) is 0 Å². The van der Waals surface area contributed by atoms with E-state index in [1.165, 1.54) is 11.9 Å². The highest BCUT2D eigenvalue weighted by Crippen LogP contribution is 2.29. The number of benzene rings is 1. The van der Waals surface area contributed by atoms with Gasteiger partial charge in [0.1, 0.15) is 5.69 Å². The molecule has 0 aliphatic rings. The molecular weight excluding hydrogens is 410 g/mol. The van der Waals surface area contributed by atoms with E-state index in [9.17, 15) is 13.2 Å². The molecule has 0 saturated carbocycles. The lowest BCUT2D eigenvalue weighted by atomic mass is 10.1. The van der Waals surface area contributed by atoms with Crippen molar-refractivity contribution in [2.75, 3.05) is 24.7 Å². The molecule has 0 aliphatic carbocycles. The summed E-state index contributed by atoms with van der Waals surface area (Å²) in [6, 6.07) is 11.2. The summed E-state index contributed by atoms with van der Waals surface area (Å²) in [5, 5.41) is 0.338. The number of thiazole rings is 1. The molecule has 8 nitrogen and oxygen atoms in total. The highest BCUT2D eigenvalue weighted by molar-refractivity contribution is 7.91. The third kappa shape index (κ3) is 4.44. The van der Waals surface area contributed by atoms with Crippen molar-refractivity contribution >= 4 is 38.1 Å². The number of aromatic amines is 1. The fraction of sp³-hybridized carbons (Fsp3) is 0.211. The van der Waals surface area contributed by atoms with Crippen LogP contribution in [0.25, 0.3) is 11.3 Å². The molecule has 0 atom stereocenters. The standard InChI is InChI=1S/C19H21N5O3S2/c1-12-18(29(26,27)21-2)28-19(23-12)24(3)16(25)11-13-6-8-14(9-7-13)17-15(20)5-4-10-22-17/h4-10,21H,11,20H2,1-3H3/p+1. The van der Waals surface area contributed by atoms with Crippen LogP contribution < -0.4 is 20.3 Å². The van der Waals surface area contributed by atoms with Crippen LogP contribution in [-0.2, 0) is 21.2 Å². The predicted octanol–water partition coefficient (Wildman–Crippen LogP) is 1.63. The molecule has 1 aromatic carbocycles. The largest absolute Gasteiger partial charge is 0.393 e. The molecule has 0 radical (unpaired) electrons. The van der Waals surface area contributed by atoms with Gasteiger partial charge in [0.2, 0.25) is 11.6 Å². The molecule has 2 aromatic heterocycles. The highest BCUT2D eigenvalue weighted by atomic mass is 32.2. The number of aryl methyl sites for hydroxylation is 1. The fourth-order valence-electron chi connectivity index (χ4n) is 2.74. The number of amides is 1. The highest BCUT2D eigenvalue weighted by Gasteiger charge is 2.23. The van der Waals surface area contributed by atoms with E-state index < -0.39 is 10.0 Å². The van der Waals surface area contributed by atoms with Crippen LogP contribution in [0.5, 0.6) is 0 Å². The summed E-state index contributed by atoms with van der Waals surface area (Å²) in [4.78, 5) is 21.4. The second kappa shape index (κ2) is 8.27. The van der Waals surface area contributed by atoms with E-state index in [1.54, 1.807) is 20.2 Å². The Hall–Kier alpha value is -2.82. The maximum Gasteiger partial charge on any atom is 0.251 e. The third-order valence-corrected chi connectivity index (χ3v) is 7.66. The Labute approximate surface area is 173 Å². The zero-order chi connectivity index (χ0) is 21.2. The SMILES string of the molecule is CNS(=O)(=O)c1sc(N(C)C(=O)Cc2ccc(-c3[nH+]cccc3N)cc2)nc1C. The van der Waals surface area contributed by atoms with Crippen LogP contribution >= 0.6 is 11.3 Å². The first-order chi connectivity index (χ1) is 13.7. The van der Waals surface area contributed by atoms with E-state index in [1.807, 2.05) is 36.4 Å². The Bertz CT molecular complexity index is 1140. The zero-order valence-electron chi connectivity index (χ0n) is 16.3. The predicted molar refractivity (Wildman–Crippen MR) is 113 cm³/mol. The van der Waals surface area contributed by atoms with E-state index in [0.29, 0.717) is 16.5 Å². The molecule has 1 amide bonds. The monoisotopic (exact) mass is 432 g/mol. The molecule has 29 heavy (non-hydrogen) atoms. The summed E-state index contributed by atoms with van der Waals surface area (Å²) in [5.41, 5.74) is 9.56. The molecule has 0 aliphatic heterocycles. The van der Waals surface area contributed by atoms with Gasteiger partial charge in [-0.05, 0) is 37.7 Å². The van der Waals surface area contributed by atoms with Gasteiger partial charge in [-0.15, -0.1) is 0 Å². The van der Waals surface area contributed by atoms with Crippen LogP contribution in [0.3, 0.4) is 0 Å². The number of hydrogen-bond donors (Lipinski definition) is 2. The molecule has 4 N–H and O–H groups in total. The molecule has 3 aromatic rings. The molecule has 10 heteroatoms. The molecule has 0 fully saturated rings. The number of carbonyl (C=O) groups is 1. The van der Waals surface area contributed by atoms with Gasteiger partial charge in [0.25, 0.3) is 10.0 Å². The first-order valence-corrected chi connectivity index (χ1v) is 11.1. The summed E-state index contributed by atoms with van der Waals surface area (Å²) in [5.74, 6) is -0.189. The summed E-state index contributed by atoms with van der Waals surface area (Å²) in [7, 11) is -0.677. The summed E-state index contributed by atoms with van der Waals surface area (Å²) < 4.78 is 26.4. The normalized spacial score (nSPS) is 11.4. The van der Waals surface area contributed by atoms with Gasteiger partial charge >= 0.3 is 0 Å². The molecule has 0 spiro atoms. The van der Waals surface area contributed by atoms with Gasteiger partial charge in [-0.3, -0.25) is 9.69 Å². The topological polar surface area (TPSA) is 120 Å². The number of pyridine rings is 1. The van der Waals surface area contributed by atoms with Gasteiger partial charge < -0.3 is 5.73 Å². The summed E-state index contributed by atoms with van der Waals surface area (Å²) in [6.45, 7) is 1.60. The number of likely N-dealkylation sites (N-methyl/N-ethyl adjacent to an activating group) is 1. The minimum Gasteiger partial charge on any atom is -0.393 e. The Morgan fingerprint density at radius 2 is 1.97 bits per heavy atom. The number of aromatic nitrogens is 2. The molecule has 0 bridgehead atoms. The molecule has 0 unspecified atom stereocenters. The number of nitrogens with zero attached hydrogens (tertiary/aromatic N) is 2. The van der Waals surface area contributed by atoms with Gasteiger partial charge in [-0.25, -0.2) is 23.1 Å². The minimum atomic E-state index is -3.61. The Kier molecular flexibility index (Phi) is 5.96. The van der Waals surface area contributed by atoms with Gasteiger partial charge in [0, 0.05) is 18.7 Å². The van der Waals surface area contributed by atoms with Crippen molar-refractivity contribution in [3.05, 3.63) is 53.9 Å².